The molecule has 1 aliphatic rings. The average Bonchev–Trinajstić information content (AvgIpc) is 3.35. The summed E-state index contributed by atoms with van der Waals surface area (Å²) in [6.07, 6.45) is 1.80. The van der Waals surface area contributed by atoms with Crippen LogP contribution in [0.15, 0.2) is 51.5 Å². The van der Waals surface area contributed by atoms with Crippen molar-refractivity contribution in [3.05, 3.63) is 59.7 Å². The number of carbonyl (C=O) groups is 1. The van der Waals surface area contributed by atoms with Gasteiger partial charge in [0.25, 0.3) is 5.91 Å². The third-order valence-corrected chi connectivity index (χ3v) is 4.29. The molecule has 3 heterocycles. The Labute approximate surface area is 139 Å². The van der Waals surface area contributed by atoms with E-state index in [-0.39, 0.29) is 17.7 Å². The summed E-state index contributed by atoms with van der Waals surface area (Å²) < 4.78 is 10.4. The van der Waals surface area contributed by atoms with Gasteiger partial charge in [-0.15, -0.1) is 0 Å². The Bertz CT molecular complexity index is 853. The van der Waals surface area contributed by atoms with Crippen LogP contribution < -0.4 is 0 Å². The van der Waals surface area contributed by atoms with Crippen molar-refractivity contribution in [3.8, 4) is 11.3 Å². The Kier molecular flexibility index (Phi) is 3.65. The second-order valence-corrected chi connectivity index (χ2v) is 5.96. The second-order valence-electron chi connectivity index (χ2n) is 5.96. The highest BCUT2D eigenvalue weighted by Crippen LogP contribution is 2.33. The molecule has 0 unspecified atom stereocenters. The molecule has 1 fully saturated rings. The fourth-order valence-electron chi connectivity index (χ4n) is 3.12. The molecule has 4 rings (SSSR count). The first kappa shape index (κ1) is 14.7. The van der Waals surface area contributed by atoms with Gasteiger partial charge in [0.05, 0.1) is 6.04 Å². The van der Waals surface area contributed by atoms with E-state index in [2.05, 4.69) is 10.3 Å². The molecule has 1 aliphatic heterocycles. The normalized spacial score (nSPS) is 17.4. The minimum Gasteiger partial charge on any atom is -0.361 e. The minimum absolute atomic E-state index is 0.0692. The minimum atomic E-state index is -0.159. The van der Waals surface area contributed by atoms with E-state index in [0.717, 1.165) is 29.9 Å². The van der Waals surface area contributed by atoms with Crippen molar-refractivity contribution >= 4 is 5.91 Å². The van der Waals surface area contributed by atoms with Gasteiger partial charge in [-0.2, -0.15) is 0 Å². The molecule has 6 heteroatoms. The van der Waals surface area contributed by atoms with Crippen LogP contribution in [0.3, 0.4) is 0 Å². The number of aryl methyl sites for hydroxylation is 1. The number of amides is 1. The maximum atomic E-state index is 12.8. The molecule has 122 valence electrons. The monoisotopic (exact) mass is 323 g/mol. The van der Waals surface area contributed by atoms with Gasteiger partial charge in [0.2, 0.25) is 5.76 Å². The summed E-state index contributed by atoms with van der Waals surface area (Å²) in [5, 5.41) is 8.09. The summed E-state index contributed by atoms with van der Waals surface area (Å²) in [5.41, 5.74) is 2.37. The number of nitrogens with zero attached hydrogens (tertiary/aromatic N) is 3. The van der Waals surface area contributed by atoms with Crippen LogP contribution >= 0.6 is 0 Å². The van der Waals surface area contributed by atoms with Gasteiger partial charge in [-0.05, 0) is 19.8 Å². The van der Waals surface area contributed by atoms with E-state index in [4.69, 9.17) is 9.05 Å². The highest BCUT2D eigenvalue weighted by Gasteiger charge is 2.34. The Morgan fingerprint density at radius 2 is 2.00 bits per heavy atom. The van der Waals surface area contributed by atoms with Crippen LogP contribution in [0.4, 0.5) is 0 Å². The molecule has 1 atom stereocenters. The van der Waals surface area contributed by atoms with Crippen LogP contribution in [0.5, 0.6) is 0 Å². The number of carbonyl (C=O) groups excluding carboxylic acids is 1. The van der Waals surface area contributed by atoms with E-state index < -0.39 is 0 Å². The number of rotatable bonds is 3. The summed E-state index contributed by atoms with van der Waals surface area (Å²) in [5.74, 6) is 0.837. The summed E-state index contributed by atoms with van der Waals surface area (Å²) in [6, 6.07) is 13.2. The summed E-state index contributed by atoms with van der Waals surface area (Å²) in [4.78, 5) is 14.6. The fraction of sp³-hybridized carbons (Fsp3) is 0.278. The molecule has 1 amide bonds. The standard InChI is InChI=1S/C18H17N3O3/c1-12-10-15(20-23-12)16-8-5-9-21(16)18(22)17-11-14(19-24-17)13-6-3-2-4-7-13/h2-4,6-7,10-11,16H,5,8-9H2,1H3/t16-/m0/s1. The highest BCUT2D eigenvalue weighted by molar-refractivity contribution is 5.92. The lowest BCUT2D eigenvalue weighted by Gasteiger charge is -2.21. The van der Waals surface area contributed by atoms with Gasteiger partial charge in [0.15, 0.2) is 0 Å². The van der Waals surface area contributed by atoms with Gasteiger partial charge in [-0.25, -0.2) is 0 Å². The summed E-state index contributed by atoms with van der Waals surface area (Å²) in [6.45, 7) is 2.52. The smallest absolute Gasteiger partial charge is 0.293 e. The van der Waals surface area contributed by atoms with E-state index in [1.54, 1.807) is 11.0 Å². The first-order valence-electron chi connectivity index (χ1n) is 7.99. The van der Waals surface area contributed by atoms with E-state index in [9.17, 15) is 4.79 Å². The van der Waals surface area contributed by atoms with Gasteiger partial charge >= 0.3 is 0 Å². The maximum Gasteiger partial charge on any atom is 0.293 e. The molecule has 1 saturated heterocycles. The Morgan fingerprint density at radius 1 is 1.17 bits per heavy atom. The SMILES string of the molecule is Cc1cc([C@@H]2CCCN2C(=O)c2cc(-c3ccccc3)no2)no1. The molecule has 24 heavy (non-hydrogen) atoms. The lowest BCUT2D eigenvalue weighted by atomic mass is 10.1. The van der Waals surface area contributed by atoms with E-state index in [0.29, 0.717) is 12.2 Å². The highest BCUT2D eigenvalue weighted by atomic mass is 16.5. The topological polar surface area (TPSA) is 72.4 Å². The van der Waals surface area contributed by atoms with Crippen LogP contribution in [0, 0.1) is 6.92 Å². The maximum absolute atomic E-state index is 12.8. The number of aromatic nitrogens is 2. The van der Waals surface area contributed by atoms with Crippen LogP contribution in [0.1, 0.15) is 40.9 Å². The number of benzene rings is 1. The van der Waals surface area contributed by atoms with Gasteiger partial charge < -0.3 is 13.9 Å². The van der Waals surface area contributed by atoms with Crippen molar-refractivity contribution < 1.29 is 13.8 Å². The van der Waals surface area contributed by atoms with Crippen molar-refractivity contribution in [3.63, 3.8) is 0 Å². The van der Waals surface area contributed by atoms with Crippen LogP contribution in [-0.2, 0) is 0 Å². The van der Waals surface area contributed by atoms with Crippen LogP contribution in [0.25, 0.3) is 11.3 Å². The molecule has 6 nitrogen and oxygen atoms in total. The molecule has 0 N–H and O–H groups in total. The van der Waals surface area contributed by atoms with Crippen molar-refractivity contribution in [2.45, 2.75) is 25.8 Å². The lowest BCUT2D eigenvalue weighted by molar-refractivity contribution is 0.0688. The summed E-state index contributed by atoms with van der Waals surface area (Å²) in [7, 11) is 0. The molecule has 0 aliphatic carbocycles. The first-order valence-corrected chi connectivity index (χ1v) is 7.99. The van der Waals surface area contributed by atoms with Gasteiger partial charge in [-0.1, -0.05) is 40.6 Å². The Balaban J connectivity index is 1.58. The average molecular weight is 323 g/mol. The molecule has 1 aromatic carbocycles. The number of likely N-dealkylation sites (tertiary alicyclic amines) is 1. The van der Waals surface area contributed by atoms with Crippen molar-refractivity contribution in [1.29, 1.82) is 0 Å². The van der Waals surface area contributed by atoms with E-state index in [1.807, 2.05) is 43.3 Å². The summed E-state index contributed by atoms with van der Waals surface area (Å²) >= 11 is 0. The fourth-order valence-corrected chi connectivity index (χ4v) is 3.12. The largest absolute Gasteiger partial charge is 0.361 e. The zero-order chi connectivity index (χ0) is 16.5. The Hall–Kier alpha value is -2.89. The van der Waals surface area contributed by atoms with Gasteiger partial charge in [0, 0.05) is 24.2 Å². The predicted octanol–water partition coefficient (Wildman–Crippen LogP) is 3.62. The molecule has 0 bridgehead atoms. The third-order valence-electron chi connectivity index (χ3n) is 4.29. The van der Waals surface area contributed by atoms with Gasteiger partial charge in [-0.3, -0.25) is 4.79 Å². The molecular formula is C18H17N3O3. The van der Waals surface area contributed by atoms with E-state index in [1.165, 1.54) is 0 Å². The quantitative estimate of drug-likeness (QED) is 0.736. The predicted molar refractivity (Wildman–Crippen MR) is 86.2 cm³/mol. The van der Waals surface area contributed by atoms with Crippen molar-refractivity contribution in [2.75, 3.05) is 6.54 Å². The van der Waals surface area contributed by atoms with Crippen LogP contribution in [-0.4, -0.2) is 27.7 Å². The second kappa shape index (κ2) is 5.96. The van der Waals surface area contributed by atoms with Crippen molar-refractivity contribution in [1.82, 2.24) is 15.2 Å². The molecule has 0 radical (unpaired) electrons. The first-order chi connectivity index (χ1) is 11.7. The molecule has 3 aromatic rings. The number of hydrogen-bond acceptors (Lipinski definition) is 5. The van der Waals surface area contributed by atoms with Crippen LogP contribution in [0.2, 0.25) is 0 Å². The Morgan fingerprint density at radius 3 is 2.75 bits per heavy atom. The molecule has 0 saturated carbocycles. The zero-order valence-electron chi connectivity index (χ0n) is 13.3. The third kappa shape index (κ3) is 2.60. The molecule has 2 aromatic heterocycles. The number of hydrogen-bond donors (Lipinski definition) is 0. The van der Waals surface area contributed by atoms with Crippen molar-refractivity contribution in [2.24, 2.45) is 0 Å². The zero-order valence-corrected chi connectivity index (χ0v) is 13.3. The van der Waals surface area contributed by atoms with E-state index >= 15 is 0 Å². The molecular weight excluding hydrogens is 306 g/mol. The lowest BCUT2D eigenvalue weighted by Crippen LogP contribution is -2.30. The molecule has 0 spiro atoms. The van der Waals surface area contributed by atoms with Gasteiger partial charge in [0.1, 0.15) is 17.1 Å².